The molecule has 0 N–H and O–H groups in total. The lowest BCUT2D eigenvalue weighted by Gasteiger charge is -2.04. The summed E-state index contributed by atoms with van der Waals surface area (Å²) in [5, 5.41) is 4.24. The van der Waals surface area contributed by atoms with E-state index in [-0.39, 0.29) is 0 Å². The van der Waals surface area contributed by atoms with E-state index in [1.807, 2.05) is 37.8 Å². The molecule has 0 spiro atoms. The SMILES string of the molecule is Cc1nc(-c2cnn(C)c2C)cc2nccnc12. The summed E-state index contributed by atoms with van der Waals surface area (Å²) >= 11 is 0. The van der Waals surface area contributed by atoms with E-state index in [2.05, 4.69) is 20.1 Å². The number of hydrogen-bond acceptors (Lipinski definition) is 4. The molecule has 0 unspecified atom stereocenters. The molecular formula is C13H13N5. The van der Waals surface area contributed by atoms with Crippen molar-refractivity contribution >= 4 is 11.0 Å². The molecule has 0 bridgehead atoms. The van der Waals surface area contributed by atoms with E-state index in [0.717, 1.165) is 33.7 Å². The van der Waals surface area contributed by atoms with E-state index in [9.17, 15) is 0 Å². The first-order valence-corrected chi connectivity index (χ1v) is 5.74. The summed E-state index contributed by atoms with van der Waals surface area (Å²) in [5.74, 6) is 0. The van der Waals surface area contributed by atoms with Crippen LogP contribution < -0.4 is 0 Å². The summed E-state index contributed by atoms with van der Waals surface area (Å²) in [6.45, 7) is 3.98. The number of aromatic nitrogens is 5. The van der Waals surface area contributed by atoms with Gasteiger partial charge in [-0.3, -0.25) is 19.6 Å². The van der Waals surface area contributed by atoms with Crippen LogP contribution in [0.3, 0.4) is 0 Å². The Balaban J connectivity index is 2.28. The summed E-state index contributed by atoms with van der Waals surface area (Å²) in [5.41, 5.74) is 5.62. The van der Waals surface area contributed by atoms with Gasteiger partial charge in [-0.25, -0.2) is 0 Å². The standard InChI is InChI=1S/C13H13N5/c1-8-13-12(14-4-5-15-13)6-11(17-8)10-7-16-18(3)9(10)2/h4-7H,1-3H3. The lowest BCUT2D eigenvalue weighted by molar-refractivity contribution is 0.740. The molecule has 0 fully saturated rings. The Morgan fingerprint density at radius 1 is 1.11 bits per heavy atom. The zero-order valence-electron chi connectivity index (χ0n) is 10.5. The van der Waals surface area contributed by atoms with Crippen molar-refractivity contribution in [1.82, 2.24) is 24.7 Å². The van der Waals surface area contributed by atoms with Gasteiger partial charge in [0.2, 0.25) is 0 Å². The van der Waals surface area contributed by atoms with E-state index in [1.165, 1.54) is 0 Å². The van der Waals surface area contributed by atoms with Crippen molar-refractivity contribution in [2.45, 2.75) is 13.8 Å². The highest BCUT2D eigenvalue weighted by Crippen LogP contribution is 2.24. The minimum Gasteiger partial charge on any atom is -0.272 e. The maximum Gasteiger partial charge on any atom is 0.110 e. The van der Waals surface area contributed by atoms with Crippen LogP contribution in [0.25, 0.3) is 22.3 Å². The second kappa shape index (κ2) is 3.87. The molecule has 3 aromatic heterocycles. The zero-order valence-corrected chi connectivity index (χ0v) is 10.5. The van der Waals surface area contributed by atoms with Gasteiger partial charge in [0.25, 0.3) is 0 Å². The molecule has 0 radical (unpaired) electrons. The van der Waals surface area contributed by atoms with Gasteiger partial charge >= 0.3 is 0 Å². The van der Waals surface area contributed by atoms with E-state index < -0.39 is 0 Å². The molecule has 18 heavy (non-hydrogen) atoms. The van der Waals surface area contributed by atoms with E-state index in [1.54, 1.807) is 12.4 Å². The fourth-order valence-corrected chi connectivity index (χ4v) is 2.02. The zero-order chi connectivity index (χ0) is 12.7. The molecule has 90 valence electrons. The lowest BCUT2D eigenvalue weighted by Crippen LogP contribution is -1.95. The Bertz CT molecular complexity index is 729. The number of nitrogens with zero attached hydrogens (tertiary/aromatic N) is 5. The van der Waals surface area contributed by atoms with Gasteiger partial charge in [-0.2, -0.15) is 5.10 Å². The van der Waals surface area contributed by atoms with Crippen molar-refractivity contribution in [3.63, 3.8) is 0 Å². The Labute approximate surface area is 105 Å². The molecule has 0 aliphatic heterocycles. The van der Waals surface area contributed by atoms with Crippen molar-refractivity contribution in [1.29, 1.82) is 0 Å². The number of aryl methyl sites for hydroxylation is 2. The van der Waals surface area contributed by atoms with Gasteiger partial charge in [0, 0.05) is 30.7 Å². The number of fused-ring (bicyclic) bond motifs is 1. The first-order chi connectivity index (χ1) is 8.66. The molecule has 0 aromatic carbocycles. The molecule has 0 atom stereocenters. The van der Waals surface area contributed by atoms with Crippen LogP contribution in [-0.2, 0) is 7.05 Å². The van der Waals surface area contributed by atoms with Crippen LogP contribution >= 0.6 is 0 Å². The normalized spacial score (nSPS) is 11.1. The van der Waals surface area contributed by atoms with Gasteiger partial charge in [-0.15, -0.1) is 0 Å². The molecule has 3 aromatic rings. The second-order valence-corrected chi connectivity index (χ2v) is 4.28. The third kappa shape index (κ3) is 1.55. The monoisotopic (exact) mass is 239 g/mol. The maximum atomic E-state index is 4.59. The number of rotatable bonds is 1. The molecule has 0 aliphatic carbocycles. The molecular weight excluding hydrogens is 226 g/mol. The minimum atomic E-state index is 0.850. The van der Waals surface area contributed by atoms with Gasteiger partial charge < -0.3 is 0 Å². The lowest BCUT2D eigenvalue weighted by atomic mass is 10.1. The van der Waals surface area contributed by atoms with Crippen LogP contribution in [0, 0.1) is 13.8 Å². The summed E-state index contributed by atoms with van der Waals surface area (Å²) in [6.07, 6.45) is 5.22. The maximum absolute atomic E-state index is 4.59. The molecule has 0 saturated carbocycles. The quantitative estimate of drug-likeness (QED) is 0.652. The highest BCUT2D eigenvalue weighted by Gasteiger charge is 2.11. The van der Waals surface area contributed by atoms with E-state index >= 15 is 0 Å². The Morgan fingerprint density at radius 3 is 2.61 bits per heavy atom. The fraction of sp³-hybridized carbons (Fsp3) is 0.231. The molecule has 3 rings (SSSR count). The molecule has 0 aliphatic rings. The largest absolute Gasteiger partial charge is 0.272 e. The number of hydrogen-bond donors (Lipinski definition) is 0. The Kier molecular flexibility index (Phi) is 2.33. The second-order valence-electron chi connectivity index (χ2n) is 4.28. The van der Waals surface area contributed by atoms with Gasteiger partial charge in [0.15, 0.2) is 0 Å². The molecule has 0 saturated heterocycles. The van der Waals surface area contributed by atoms with Crippen LogP contribution in [0.15, 0.2) is 24.7 Å². The Morgan fingerprint density at radius 2 is 1.89 bits per heavy atom. The molecule has 0 amide bonds. The summed E-state index contributed by atoms with van der Waals surface area (Å²) in [4.78, 5) is 13.2. The minimum absolute atomic E-state index is 0.850. The fourth-order valence-electron chi connectivity index (χ4n) is 2.02. The predicted octanol–water partition coefficient (Wildman–Crippen LogP) is 2.04. The van der Waals surface area contributed by atoms with Crippen LogP contribution in [0.4, 0.5) is 0 Å². The topological polar surface area (TPSA) is 56.5 Å². The van der Waals surface area contributed by atoms with E-state index in [4.69, 9.17) is 0 Å². The highest BCUT2D eigenvalue weighted by atomic mass is 15.3. The van der Waals surface area contributed by atoms with Crippen molar-refractivity contribution in [3.8, 4) is 11.3 Å². The highest BCUT2D eigenvalue weighted by molar-refractivity contribution is 5.81. The molecule has 5 heteroatoms. The molecule has 5 nitrogen and oxygen atoms in total. The summed E-state index contributed by atoms with van der Waals surface area (Å²) in [6, 6.07) is 1.96. The van der Waals surface area contributed by atoms with Crippen molar-refractivity contribution in [2.24, 2.45) is 7.05 Å². The third-order valence-corrected chi connectivity index (χ3v) is 3.14. The Hall–Kier alpha value is -2.30. The van der Waals surface area contributed by atoms with Gasteiger partial charge in [-0.1, -0.05) is 0 Å². The summed E-state index contributed by atoms with van der Waals surface area (Å²) < 4.78 is 1.84. The summed E-state index contributed by atoms with van der Waals surface area (Å²) in [7, 11) is 1.92. The van der Waals surface area contributed by atoms with Gasteiger partial charge in [0.1, 0.15) is 5.52 Å². The van der Waals surface area contributed by atoms with Crippen LogP contribution in [0.5, 0.6) is 0 Å². The van der Waals surface area contributed by atoms with Crippen molar-refractivity contribution < 1.29 is 0 Å². The first kappa shape index (κ1) is 10.8. The van der Waals surface area contributed by atoms with Crippen molar-refractivity contribution in [2.75, 3.05) is 0 Å². The average Bonchev–Trinajstić information content (AvgIpc) is 2.70. The molecule has 3 heterocycles. The average molecular weight is 239 g/mol. The van der Waals surface area contributed by atoms with Crippen molar-refractivity contribution in [3.05, 3.63) is 36.0 Å². The van der Waals surface area contributed by atoms with Crippen LogP contribution in [0.2, 0.25) is 0 Å². The van der Waals surface area contributed by atoms with Crippen LogP contribution in [0.1, 0.15) is 11.4 Å². The van der Waals surface area contributed by atoms with Gasteiger partial charge in [0.05, 0.1) is 23.1 Å². The smallest absolute Gasteiger partial charge is 0.110 e. The van der Waals surface area contributed by atoms with E-state index in [0.29, 0.717) is 0 Å². The van der Waals surface area contributed by atoms with Gasteiger partial charge in [-0.05, 0) is 19.9 Å². The predicted molar refractivity (Wildman–Crippen MR) is 69.0 cm³/mol. The van der Waals surface area contributed by atoms with Crippen LogP contribution in [-0.4, -0.2) is 24.7 Å². The third-order valence-electron chi connectivity index (χ3n) is 3.14. The first-order valence-electron chi connectivity index (χ1n) is 5.74. The number of pyridine rings is 1.